The molecule has 0 radical (unpaired) electrons. The summed E-state index contributed by atoms with van der Waals surface area (Å²) in [5.41, 5.74) is 1.36. The Labute approximate surface area is 111 Å². The molecule has 0 aromatic heterocycles. The first-order valence-electron chi connectivity index (χ1n) is 7.18. The molecular formula is C17H35+. The SMILES string of the molecule is CCC(C)(C)CC(C)(C)CC(C)(C)C[C+](C)C. The maximum Gasteiger partial charge on any atom is 0.0945 e. The van der Waals surface area contributed by atoms with Gasteiger partial charge in [-0.25, -0.2) is 0 Å². The fourth-order valence-electron chi connectivity index (χ4n) is 3.80. The lowest BCUT2D eigenvalue weighted by molar-refractivity contribution is 0.119. The summed E-state index contributed by atoms with van der Waals surface area (Å²) in [7, 11) is 0. The first-order valence-corrected chi connectivity index (χ1v) is 7.18. The number of hydrogen-bond donors (Lipinski definition) is 0. The van der Waals surface area contributed by atoms with Gasteiger partial charge in [-0.2, -0.15) is 0 Å². The molecule has 0 aromatic rings. The molecule has 0 saturated carbocycles. The molecule has 102 valence electrons. The third-order valence-electron chi connectivity index (χ3n) is 3.70. The molecule has 0 aliphatic rings. The molecule has 0 heteroatoms. The van der Waals surface area contributed by atoms with E-state index in [9.17, 15) is 0 Å². The molecule has 0 spiro atoms. The standard InChI is InChI=1S/C17H35/c1-10-15(4,5)12-17(8,9)13-16(6,7)11-14(2)3/h10-13H2,1-9H3/q+1. The molecule has 0 fully saturated rings. The van der Waals surface area contributed by atoms with Crippen molar-refractivity contribution in [2.75, 3.05) is 0 Å². The summed E-state index contributed by atoms with van der Waals surface area (Å²) in [6, 6.07) is 0. The Kier molecular flexibility index (Phi) is 5.63. The topological polar surface area (TPSA) is 0 Å². The first kappa shape index (κ1) is 16.9. The maximum absolute atomic E-state index is 2.44. The third kappa shape index (κ3) is 7.73. The lowest BCUT2D eigenvalue weighted by atomic mass is 9.65. The van der Waals surface area contributed by atoms with Crippen molar-refractivity contribution in [1.29, 1.82) is 0 Å². The molecule has 0 atom stereocenters. The largest absolute Gasteiger partial charge is 0.0945 e. The number of hydrogen-bond acceptors (Lipinski definition) is 0. The van der Waals surface area contributed by atoms with Gasteiger partial charge in [-0.15, -0.1) is 0 Å². The lowest BCUT2D eigenvalue weighted by Crippen LogP contribution is -2.29. The van der Waals surface area contributed by atoms with Crippen LogP contribution in [0.25, 0.3) is 0 Å². The van der Waals surface area contributed by atoms with Gasteiger partial charge in [0.25, 0.3) is 0 Å². The van der Waals surface area contributed by atoms with Crippen molar-refractivity contribution < 1.29 is 0 Å². The van der Waals surface area contributed by atoms with E-state index in [2.05, 4.69) is 62.3 Å². The van der Waals surface area contributed by atoms with E-state index in [1.54, 1.807) is 5.92 Å². The van der Waals surface area contributed by atoms with Gasteiger partial charge in [-0.1, -0.05) is 54.9 Å². The van der Waals surface area contributed by atoms with Gasteiger partial charge in [0.1, 0.15) is 0 Å². The second kappa shape index (κ2) is 5.67. The van der Waals surface area contributed by atoms with E-state index in [0.717, 1.165) is 0 Å². The highest BCUT2D eigenvalue weighted by Crippen LogP contribution is 2.45. The first-order chi connectivity index (χ1) is 7.39. The van der Waals surface area contributed by atoms with Crippen LogP contribution in [-0.4, -0.2) is 0 Å². The van der Waals surface area contributed by atoms with Gasteiger partial charge in [0, 0.05) is 5.41 Å². The minimum absolute atomic E-state index is 0.437. The van der Waals surface area contributed by atoms with Gasteiger partial charge < -0.3 is 0 Å². The predicted octanol–water partition coefficient (Wildman–Crippen LogP) is 6.26. The second-order valence-corrected chi connectivity index (χ2v) is 8.58. The van der Waals surface area contributed by atoms with Crippen molar-refractivity contribution in [3.63, 3.8) is 0 Å². The summed E-state index contributed by atoms with van der Waals surface area (Å²) in [6.07, 6.45) is 5.16. The normalized spacial score (nSPS) is 13.9. The van der Waals surface area contributed by atoms with Crippen LogP contribution in [0.3, 0.4) is 0 Å². The fourth-order valence-corrected chi connectivity index (χ4v) is 3.80. The van der Waals surface area contributed by atoms with Crippen molar-refractivity contribution in [1.82, 2.24) is 0 Å². The summed E-state index contributed by atoms with van der Waals surface area (Å²) in [6.45, 7) is 21.3. The van der Waals surface area contributed by atoms with E-state index >= 15 is 0 Å². The Balaban J connectivity index is 4.53. The van der Waals surface area contributed by atoms with E-state index in [-0.39, 0.29) is 0 Å². The summed E-state index contributed by atoms with van der Waals surface area (Å²) < 4.78 is 0. The average Bonchev–Trinajstić information content (AvgIpc) is 1.96. The van der Waals surface area contributed by atoms with Gasteiger partial charge in [-0.3, -0.25) is 0 Å². The quantitative estimate of drug-likeness (QED) is 0.460. The smallest absolute Gasteiger partial charge is 0.0649 e. The Morgan fingerprint density at radius 1 is 0.706 bits per heavy atom. The highest BCUT2D eigenvalue weighted by atomic mass is 14.4. The minimum atomic E-state index is 0.437. The molecule has 0 bridgehead atoms. The van der Waals surface area contributed by atoms with Crippen molar-refractivity contribution in [3.8, 4) is 0 Å². The van der Waals surface area contributed by atoms with Gasteiger partial charge in [0.15, 0.2) is 0 Å². The van der Waals surface area contributed by atoms with Crippen LogP contribution < -0.4 is 0 Å². The maximum atomic E-state index is 2.44. The van der Waals surface area contributed by atoms with Crippen molar-refractivity contribution in [3.05, 3.63) is 5.92 Å². The van der Waals surface area contributed by atoms with Crippen LogP contribution in [-0.2, 0) is 0 Å². The number of rotatable bonds is 7. The van der Waals surface area contributed by atoms with Gasteiger partial charge in [-0.05, 0) is 23.7 Å². The zero-order valence-corrected chi connectivity index (χ0v) is 13.8. The van der Waals surface area contributed by atoms with Crippen LogP contribution in [0, 0.1) is 22.2 Å². The van der Waals surface area contributed by atoms with Crippen molar-refractivity contribution >= 4 is 0 Å². The van der Waals surface area contributed by atoms with Crippen LogP contribution in [0.4, 0.5) is 0 Å². The Morgan fingerprint density at radius 2 is 1.12 bits per heavy atom. The summed E-state index contributed by atoms with van der Waals surface area (Å²) in [5, 5.41) is 0. The van der Waals surface area contributed by atoms with Crippen molar-refractivity contribution in [2.45, 2.75) is 88.0 Å². The molecule has 0 aliphatic heterocycles. The molecule has 0 N–H and O–H groups in total. The van der Waals surface area contributed by atoms with Gasteiger partial charge >= 0.3 is 0 Å². The summed E-state index contributed by atoms with van der Waals surface area (Å²) in [5.74, 6) is 1.56. The van der Waals surface area contributed by atoms with Crippen LogP contribution in [0.1, 0.15) is 88.0 Å². The highest BCUT2D eigenvalue weighted by molar-refractivity contribution is 4.90. The van der Waals surface area contributed by atoms with E-state index in [4.69, 9.17) is 0 Å². The van der Waals surface area contributed by atoms with Crippen LogP contribution in [0.5, 0.6) is 0 Å². The zero-order chi connectivity index (χ0) is 13.9. The summed E-state index contributed by atoms with van der Waals surface area (Å²) in [4.78, 5) is 0. The molecule has 0 unspecified atom stereocenters. The fraction of sp³-hybridized carbons (Fsp3) is 0.941. The average molecular weight is 239 g/mol. The Morgan fingerprint density at radius 3 is 1.47 bits per heavy atom. The Hall–Kier alpha value is -0.130. The lowest BCUT2D eigenvalue weighted by Gasteiger charge is -2.39. The molecule has 0 nitrogen and oxygen atoms in total. The minimum Gasteiger partial charge on any atom is -0.0649 e. The molecule has 0 rings (SSSR count). The molecule has 0 saturated heterocycles. The monoisotopic (exact) mass is 239 g/mol. The zero-order valence-electron chi connectivity index (χ0n) is 13.8. The van der Waals surface area contributed by atoms with Crippen LogP contribution in [0.2, 0.25) is 0 Å². The van der Waals surface area contributed by atoms with E-state index in [0.29, 0.717) is 16.2 Å². The second-order valence-electron chi connectivity index (χ2n) is 8.58. The molecule has 0 aromatic carbocycles. The van der Waals surface area contributed by atoms with E-state index in [1.807, 2.05) is 0 Å². The van der Waals surface area contributed by atoms with Crippen LogP contribution in [0.15, 0.2) is 0 Å². The Bertz CT molecular complexity index is 218. The molecule has 0 amide bonds. The third-order valence-corrected chi connectivity index (χ3v) is 3.70. The van der Waals surface area contributed by atoms with Gasteiger partial charge in [0.05, 0.1) is 26.2 Å². The molecule has 0 aliphatic carbocycles. The molecule has 0 heterocycles. The van der Waals surface area contributed by atoms with E-state index < -0.39 is 0 Å². The summed E-state index contributed by atoms with van der Waals surface area (Å²) >= 11 is 0. The van der Waals surface area contributed by atoms with Crippen molar-refractivity contribution in [2.24, 2.45) is 16.2 Å². The van der Waals surface area contributed by atoms with Gasteiger partial charge in [0.2, 0.25) is 0 Å². The molecule has 17 heavy (non-hydrogen) atoms. The van der Waals surface area contributed by atoms with E-state index in [1.165, 1.54) is 25.7 Å². The highest BCUT2D eigenvalue weighted by Gasteiger charge is 2.35. The predicted molar refractivity (Wildman–Crippen MR) is 80.1 cm³/mol. The molecular weight excluding hydrogens is 204 g/mol. The van der Waals surface area contributed by atoms with Crippen LogP contribution >= 0.6 is 0 Å².